The van der Waals surface area contributed by atoms with E-state index in [-0.39, 0.29) is 11.9 Å². The number of carbonyl (C=O) groups is 1. The summed E-state index contributed by atoms with van der Waals surface area (Å²) >= 11 is 1.82. The predicted octanol–water partition coefficient (Wildman–Crippen LogP) is 2.64. The van der Waals surface area contributed by atoms with Crippen molar-refractivity contribution in [3.05, 3.63) is 47.3 Å². The average Bonchev–Trinajstić information content (AvgIpc) is 2.92. The second-order valence-electron chi connectivity index (χ2n) is 5.94. The van der Waals surface area contributed by atoms with Gasteiger partial charge in [-0.05, 0) is 17.7 Å². The Bertz CT molecular complexity index is 715. The summed E-state index contributed by atoms with van der Waals surface area (Å²) in [5.41, 5.74) is 8.47. The smallest absolute Gasteiger partial charge is 0.227 e. The fourth-order valence-electron chi connectivity index (χ4n) is 2.59. The Morgan fingerprint density at radius 3 is 2.74 bits per heavy atom. The molecule has 2 N–H and O–H groups in total. The molecule has 0 unspecified atom stereocenters. The Morgan fingerprint density at radius 1 is 1.30 bits per heavy atom. The largest absolute Gasteiger partial charge is 0.368 e. The van der Waals surface area contributed by atoms with E-state index in [2.05, 4.69) is 35.9 Å². The van der Waals surface area contributed by atoms with Gasteiger partial charge in [-0.15, -0.1) is 11.8 Å². The number of carbonyl (C=O) groups excluding carboxylic acids is 1. The molecule has 1 aromatic carbocycles. The first-order valence-electron chi connectivity index (χ1n) is 7.65. The van der Waals surface area contributed by atoms with Crippen molar-refractivity contribution in [1.82, 2.24) is 14.9 Å². The molecule has 23 heavy (non-hydrogen) atoms. The molecule has 0 fully saturated rings. The molecule has 0 aliphatic carbocycles. The zero-order valence-electron chi connectivity index (χ0n) is 13.3. The molecule has 0 spiro atoms. The highest BCUT2D eigenvalue weighted by Crippen LogP contribution is 2.24. The van der Waals surface area contributed by atoms with Gasteiger partial charge >= 0.3 is 0 Å². The first kappa shape index (κ1) is 15.8. The third-order valence-corrected chi connectivity index (χ3v) is 4.69. The van der Waals surface area contributed by atoms with Gasteiger partial charge < -0.3 is 10.6 Å². The van der Waals surface area contributed by atoms with Crippen LogP contribution >= 0.6 is 11.8 Å². The Morgan fingerprint density at radius 2 is 2.04 bits per heavy atom. The van der Waals surface area contributed by atoms with Crippen LogP contribution in [0.4, 0.5) is 5.95 Å². The Balaban J connectivity index is 1.62. The van der Waals surface area contributed by atoms with E-state index < -0.39 is 0 Å². The summed E-state index contributed by atoms with van der Waals surface area (Å²) < 4.78 is 0. The van der Waals surface area contributed by atoms with E-state index in [9.17, 15) is 4.79 Å². The van der Waals surface area contributed by atoms with Gasteiger partial charge in [0.2, 0.25) is 11.9 Å². The Kier molecular flexibility index (Phi) is 4.52. The monoisotopic (exact) mass is 328 g/mol. The normalized spacial score (nSPS) is 13.4. The summed E-state index contributed by atoms with van der Waals surface area (Å²) in [5, 5.41) is 0.555. The third kappa shape index (κ3) is 3.82. The van der Waals surface area contributed by atoms with Crippen LogP contribution in [-0.2, 0) is 24.3 Å². The van der Waals surface area contributed by atoms with Gasteiger partial charge in [-0.1, -0.05) is 26.0 Å². The fraction of sp³-hybridized carbons (Fsp3) is 0.353. The SMILES string of the molecule is CC(C)Sc1ccc(CC(=O)N2Cc3cnc(N)nc3C2)cc1. The van der Waals surface area contributed by atoms with E-state index in [4.69, 9.17) is 5.73 Å². The van der Waals surface area contributed by atoms with Gasteiger partial charge in [0.05, 0.1) is 18.7 Å². The van der Waals surface area contributed by atoms with E-state index in [1.165, 1.54) is 4.90 Å². The van der Waals surface area contributed by atoms with Crippen LogP contribution in [0.3, 0.4) is 0 Å². The predicted molar refractivity (Wildman–Crippen MR) is 91.8 cm³/mol. The maximum absolute atomic E-state index is 12.5. The minimum absolute atomic E-state index is 0.103. The summed E-state index contributed by atoms with van der Waals surface area (Å²) in [6.07, 6.45) is 2.12. The molecule has 0 saturated heterocycles. The van der Waals surface area contributed by atoms with Gasteiger partial charge in [-0.2, -0.15) is 0 Å². The first-order valence-corrected chi connectivity index (χ1v) is 8.53. The lowest BCUT2D eigenvalue weighted by molar-refractivity contribution is -0.131. The van der Waals surface area contributed by atoms with Crippen molar-refractivity contribution < 1.29 is 4.79 Å². The average molecular weight is 328 g/mol. The number of amides is 1. The van der Waals surface area contributed by atoms with Gasteiger partial charge in [-0.25, -0.2) is 9.97 Å². The van der Waals surface area contributed by atoms with Crippen molar-refractivity contribution in [2.75, 3.05) is 5.73 Å². The topological polar surface area (TPSA) is 72.1 Å². The van der Waals surface area contributed by atoms with Crippen molar-refractivity contribution in [3.8, 4) is 0 Å². The molecule has 3 rings (SSSR count). The fourth-order valence-corrected chi connectivity index (χ4v) is 3.43. The number of fused-ring (bicyclic) bond motifs is 1. The summed E-state index contributed by atoms with van der Waals surface area (Å²) in [7, 11) is 0. The molecule has 1 aromatic heterocycles. The first-order chi connectivity index (χ1) is 11.0. The standard InChI is InChI=1S/C17H20N4OS/c1-11(2)23-14-5-3-12(4-6-14)7-16(22)21-9-13-8-19-17(18)20-15(13)10-21/h3-6,8,11H,7,9-10H2,1-2H3,(H2,18,19,20). The Hall–Kier alpha value is -2.08. The van der Waals surface area contributed by atoms with E-state index >= 15 is 0 Å². The van der Waals surface area contributed by atoms with Crippen LogP contribution in [-0.4, -0.2) is 26.0 Å². The molecular weight excluding hydrogens is 308 g/mol. The quantitative estimate of drug-likeness (QED) is 0.874. The highest BCUT2D eigenvalue weighted by atomic mass is 32.2. The molecule has 120 valence electrons. The summed E-state index contributed by atoms with van der Waals surface area (Å²) in [6.45, 7) is 5.42. The van der Waals surface area contributed by atoms with Crippen molar-refractivity contribution in [3.63, 3.8) is 0 Å². The summed E-state index contributed by atoms with van der Waals surface area (Å²) in [5.74, 6) is 0.363. The molecule has 6 heteroatoms. The van der Waals surface area contributed by atoms with Crippen LogP contribution in [0.2, 0.25) is 0 Å². The van der Waals surface area contributed by atoms with Crippen LogP contribution in [0.25, 0.3) is 0 Å². The van der Waals surface area contributed by atoms with E-state index in [1.807, 2.05) is 23.9 Å². The number of benzene rings is 1. The van der Waals surface area contributed by atoms with Crippen LogP contribution < -0.4 is 5.73 Å². The maximum Gasteiger partial charge on any atom is 0.227 e. The highest BCUT2D eigenvalue weighted by Gasteiger charge is 2.24. The highest BCUT2D eigenvalue weighted by molar-refractivity contribution is 7.99. The number of aromatic nitrogens is 2. The maximum atomic E-state index is 12.5. The summed E-state index contributed by atoms with van der Waals surface area (Å²) in [6, 6.07) is 8.23. The molecule has 0 radical (unpaired) electrons. The minimum Gasteiger partial charge on any atom is -0.368 e. The van der Waals surface area contributed by atoms with Gasteiger partial charge in [0.25, 0.3) is 0 Å². The van der Waals surface area contributed by atoms with Gasteiger partial charge in [0.1, 0.15) is 0 Å². The molecule has 0 atom stereocenters. The van der Waals surface area contributed by atoms with E-state index in [0.29, 0.717) is 24.8 Å². The van der Waals surface area contributed by atoms with Gasteiger partial charge in [0, 0.05) is 28.5 Å². The van der Waals surface area contributed by atoms with Crippen LogP contribution in [0.15, 0.2) is 35.4 Å². The van der Waals surface area contributed by atoms with E-state index in [1.54, 1.807) is 11.1 Å². The van der Waals surface area contributed by atoms with Crippen molar-refractivity contribution in [1.29, 1.82) is 0 Å². The molecule has 2 aromatic rings. The number of thioether (sulfide) groups is 1. The molecular formula is C17H20N4OS. The number of hydrogen-bond donors (Lipinski definition) is 1. The molecule has 1 amide bonds. The summed E-state index contributed by atoms with van der Waals surface area (Å²) in [4.78, 5) is 23.7. The Labute approximate surface area is 140 Å². The molecule has 1 aliphatic heterocycles. The number of anilines is 1. The molecule has 0 bridgehead atoms. The zero-order valence-corrected chi connectivity index (χ0v) is 14.1. The van der Waals surface area contributed by atoms with Crippen LogP contribution in [0.5, 0.6) is 0 Å². The number of rotatable bonds is 4. The van der Waals surface area contributed by atoms with Gasteiger partial charge in [-0.3, -0.25) is 4.79 Å². The van der Waals surface area contributed by atoms with Crippen LogP contribution in [0, 0.1) is 0 Å². The zero-order chi connectivity index (χ0) is 16.4. The number of nitrogens with two attached hydrogens (primary N) is 1. The lowest BCUT2D eigenvalue weighted by atomic mass is 10.1. The number of nitrogen functional groups attached to an aromatic ring is 1. The van der Waals surface area contributed by atoms with Crippen molar-refractivity contribution in [2.45, 2.75) is 43.5 Å². The van der Waals surface area contributed by atoms with Crippen molar-refractivity contribution in [2.24, 2.45) is 0 Å². The lowest BCUT2D eigenvalue weighted by Gasteiger charge is -2.15. The number of nitrogens with zero attached hydrogens (tertiary/aromatic N) is 3. The minimum atomic E-state index is 0.103. The molecule has 2 heterocycles. The van der Waals surface area contributed by atoms with Crippen LogP contribution in [0.1, 0.15) is 30.7 Å². The molecule has 5 nitrogen and oxygen atoms in total. The lowest BCUT2D eigenvalue weighted by Crippen LogP contribution is -2.26. The second kappa shape index (κ2) is 6.58. The van der Waals surface area contributed by atoms with E-state index in [0.717, 1.165) is 16.8 Å². The van der Waals surface area contributed by atoms with Gasteiger partial charge in [0.15, 0.2) is 0 Å². The molecule has 0 saturated carbocycles. The van der Waals surface area contributed by atoms with Crippen molar-refractivity contribution >= 4 is 23.6 Å². The third-order valence-electron chi connectivity index (χ3n) is 3.68. The number of hydrogen-bond acceptors (Lipinski definition) is 5. The molecule has 1 aliphatic rings. The second-order valence-corrected chi connectivity index (χ2v) is 7.59.